The molecule has 1 aliphatic carbocycles. The summed E-state index contributed by atoms with van der Waals surface area (Å²) >= 11 is 0. The minimum atomic E-state index is -0.210. The Kier molecular flexibility index (Phi) is 3.18. The molecule has 3 rings (SSSR count). The number of nitrogens with zero attached hydrogens (tertiary/aromatic N) is 1. The molecule has 2 heterocycles. The summed E-state index contributed by atoms with van der Waals surface area (Å²) < 4.78 is 5.41. The molecule has 20 heavy (non-hydrogen) atoms. The van der Waals surface area contributed by atoms with Crippen LogP contribution in [0.25, 0.3) is 0 Å². The summed E-state index contributed by atoms with van der Waals surface area (Å²) in [6, 6.07) is 6.77. The number of amides is 1. The zero-order chi connectivity index (χ0) is 14.1. The van der Waals surface area contributed by atoms with Gasteiger partial charge in [0.2, 0.25) is 5.56 Å². The van der Waals surface area contributed by atoms with E-state index in [1.54, 1.807) is 12.3 Å². The molecule has 0 bridgehead atoms. The average Bonchev–Trinajstić information content (AvgIpc) is 3.12. The van der Waals surface area contributed by atoms with Crippen LogP contribution in [0.1, 0.15) is 41.9 Å². The lowest BCUT2D eigenvalue weighted by atomic mass is 10.1. The Morgan fingerprint density at radius 2 is 2.20 bits per heavy atom. The van der Waals surface area contributed by atoms with Crippen molar-refractivity contribution in [2.75, 3.05) is 0 Å². The van der Waals surface area contributed by atoms with Gasteiger partial charge in [0.1, 0.15) is 5.76 Å². The summed E-state index contributed by atoms with van der Waals surface area (Å²) in [4.78, 5) is 28.1. The summed E-state index contributed by atoms with van der Waals surface area (Å²) in [5.41, 5.74) is 0.286. The van der Waals surface area contributed by atoms with Gasteiger partial charge in [-0.2, -0.15) is 0 Å². The molecule has 1 unspecified atom stereocenters. The van der Waals surface area contributed by atoms with Gasteiger partial charge in [0.05, 0.1) is 17.9 Å². The van der Waals surface area contributed by atoms with Gasteiger partial charge in [-0.25, -0.2) is 0 Å². The van der Waals surface area contributed by atoms with E-state index in [1.165, 1.54) is 12.3 Å². The van der Waals surface area contributed by atoms with Gasteiger partial charge in [-0.1, -0.05) is 0 Å². The number of carbonyl (C=O) groups excluding carboxylic acids is 1. The van der Waals surface area contributed by atoms with Crippen molar-refractivity contribution >= 4 is 5.91 Å². The monoisotopic (exact) mass is 272 g/mol. The van der Waals surface area contributed by atoms with Gasteiger partial charge >= 0.3 is 0 Å². The van der Waals surface area contributed by atoms with Crippen molar-refractivity contribution in [1.29, 1.82) is 0 Å². The van der Waals surface area contributed by atoms with Crippen molar-refractivity contribution in [3.8, 4) is 0 Å². The molecule has 1 fully saturated rings. The van der Waals surface area contributed by atoms with Gasteiger partial charge < -0.3 is 14.3 Å². The largest absolute Gasteiger partial charge is 0.467 e. The zero-order valence-corrected chi connectivity index (χ0v) is 11.2. The van der Waals surface area contributed by atoms with E-state index < -0.39 is 0 Å². The highest BCUT2D eigenvalue weighted by Crippen LogP contribution is 2.35. The maximum atomic E-state index is 12.6. The molecule has 104 valence electrons. The first-order chi connectivity index (χ1) is 9.66. The summed E-state index contributed by atoms with van der Waals surface area (Å²) in [6.07, 6.45) is 5.11. The van der Waals surface area contributed by atoms with Crippen LogP contribution in [-0.4, -0.2) is 21.8 Å². The molecule has 1 amide bonds. The highest BCUT2D eigenvalue weighted by molar-refractivity contribution is 5.94. The van der Waals surface area contributed by atoms with Gasteiger partial charge in [0.25, 0.3) is 5.91 Å². The molecule has 0 aromatic carbocycles. The maximum absolute atomic E-state index is 12.6. The predicted octanol–water partition coefficient (Wildman–Crippen LogP) is 2.33. The summed E-state index contributed by atoms with van der Waals surface area (Å²) in [7, 11) is 0. The summed E-state index contributed by atoms with van der Waals surface area (Å²) in [5.74, 6) is 0.697. The molecule has 1 atom stereocenters. The highest BCUT2D eigenvalue weighted by Gasteiger charge is 2.37. The smallest absolute Gasteiger partial charge is 0.256 e. The number of pyridine rings is 1. The zero-order valence-electron chi connectivity index (χ0n) is 11.2. The maximum Gasteiger partial charge on any atom is 0.256 e. The normalized spacial score (nSPS) is 15.8. The van der Waals surface area contributed by atoms with E-state index in [4.69, 9.17) is 4.42 Å². The number of H-pyrrole nitrogens is 1. The van der Waals surface area contributed by atoms with Gasteiger partial charge in [-0.3, -0.25) is 9.59 Å². The van der Waals surface area contributed by atoms with E-state index in [0.717, 1.165) is 18.6 Å². The number of aromatic nitrogens is 1. The number of hydrogen-bond donors (Lipinski definition) is 1. The SMILES string of the molecule is CC(c1ccco1)N(C(=O)c1ccc(=O)[nH]c1)C1CC1. The molecular formula is C15H16N2O3. The molecule has 1 N–H and O–H groups in total. The topological polar surface area (TPSA) is 66.3 Å². The van der Waals surface area contributed by atoms with E-state index in [0.29, 0.717) is 5.56 Å². The Hall–Kier alpha value is -2.30. The number of rotatable bonds is 4. The third kappa shape index (κ3) is 2.39. The quantitative estimate of drug-likeness (QED) is 0.929. The Morgan fingerprint density at radius 3 is 2.75 bits per heavy atom. The second-order valence-corrected chi connectivity index (χ2v) is 5.08. The van der Waals surface area contributed by atoms with Crippen LogP contribution < -0.4 is 5.56 Å². The lowest BCUT2D eigenvalue weighted by Gasteiger charge is -2.28. The molecule has 5 heteroatoms. The first-order valence-electron chi connectivity index (χ1n) is 6.71. The Labute approximate surface area is 116 Å². The average molecular weight is 272 g/mol. The van der Waals surface area contributed by atoms with Crippen molar-refractivity contribution in [2.45, 2.75) is 31.8 Å². The van der Waals surface area contributed by atoms with E-state index in [1.807, 2.05) is 24.0 Å². The van der Waals surface area contributed by atoms with Crippen LogP contribution in [0.4, 0.5) is 0 Å². The van der Waals surface area contributed by atoms with Crippen LogP contribution in [0.5, 0.6) is 0 Å². The molecule has 0 radical (unpaired) electrons. The molecule has 2 aromatic heterocycles. The number of aromatic amines is 1. The second-order valence-electron chi connectivity index (χ2n) is 5.08. The third-order valence-electron chi connectivity index (χ3n) is 3.58. The van der Waals surface area contributed by atoms with Gasteiger partial charge in [0.15, 0.2) is 0 Å². The molecule has 2 aromatic rings. The van der Waals surface area contributed by atoms with Crippen LogP contribution in [0.15, 0.2) is 45.9 Å². The number of carbonyl (C=O) groups is 1. The molecular weight excluding hydrogens is 256 g/mol. The summed E-state index contributed by atoms with van der Waals surface area (Å²) in [6.45, 7) is 1.96. The van der Waals surface area contributed by atoms with Crippen LogP contribution in [0, 0.1) is 0 Å². The third-order valence-corrected chi connectivity index (χ3v) is 3.58. The Morgan fingerprint density at radius 1 is 1.40 bits per heavy atom. The second kappa shape index (κ2) is 5.00. The number of hydrogen-bond acceptors (Lipinski definition) is 3. The minimum Gasteiger partial charge on any atom is -0.467 e. The van der Waals surface area contributed by atoms with Crippen molar-refractivity contribution in [3.63, 3.8) is 0 Å². The van der Waals surface area contributed by atoms with Crippen LogP contribution in [-0.2, 0) is 0 Å². The summed E-state index contributed by atoms with van der Waals surface area (Å²) in [5, 5.41) is 0. The van der Waals surface area contributed by atoms with Gasteiger partial charge in [-0.05, 0) is 38.0 Å². The highest BCUT2D eigenvalue weighted by atomic mass is 16.3. The van der Waals surface area contributed by atoms with E-state index >= 15 is 0 Å². The number of nitrogens with one attached hydrogen (secondary N) is 1. The van der Waals surface area contributed by atoms with Crippen LogP contribution in [0.3, 0.4) is 0 Å². The lowest BCUT2D eigenvalue weighted by molar-refractivity contribution is 0.0652. The fourth-order valence-electron chi connectivity index (χ4n) is 2.37. The van der Waals surface area contributed by atoms with E-state index in [-0.39, 0.29) is 23.6 Å². The molecule has 1 saturated carbocycles. The molecule has 0 aliphatic heterocycles. The van der Waals surface area contributed by atoms with Crippen LogP contribution in [0.2, 0.25) is 0 Å². The minimum absolute atomic E-state index is 0.0762. The van der Waals surface area contributed by atoms with Crippen molar-refractivity contribution in [1.82, 2.24) is 9.88 Å². The first-order valence-corrected chi connectivity index (χ1v) is 6.71. The molecule has 0 spiro atoms. The fraction of sp³-hybridized carbons (Fsp3) is 0.333. The number of furan rings is 1. The van der Waals surface area contributed by atoms with Crippen molar-refractivity contribution in [3.05, 3.63) is 58.4 Å². The van der Waals surface area contributed by atoms with Crippen molar-refractivity contribution < 1.29 is 9.21 Å². The fourth-order valence-corrected chi connectivity index (χ4v) is 2.37. The Balaban J connectivity index is 1.89. The molecule has 0 saturated heterocycles. The first kappa shape index (κ1) is 12.7. The van der Waals surface area contributed by atoms with Gasteiger partial charge in [0, 0.05) is 18.3 Å². The van der Waals surface area contributed by atoms with Crippen molar-refractivity contribution in [2.24, 2.45) is 0 Å². The Bertz CT molecular complexity index is 636. The predicted molar refractivity (Wildman–Crippen MR) is 73.4 cm³/mol. The van der Waals surface area contributed by atoms with Crippen LogP contribution >= 0.6 is 0 Å². The molecule has 1 aliphatic rings. The van der Waals surface area contributed by atoms with E-state index in [9.17, 15) is 9.59 Å². The lowest BCUT2D eigenvalue weighted by Crippen LogP contribution is -2.35. The molecule has 5 nitrogen and oxygen atoms in total. The van der Waals surface area contributed by atoms with E-state index in [2.05, 4.69) is 4.98 Å². The van der Waals surface area contributed by atoms with Gasteiger partial charge in [-0.15, -0.1) is 0 Å². The standard InChI is InChI=1S/C15H16N2O3/c1-10(13-3-2-8-20-13)17(12-5-6-12)15(19)11-4-7-14(18)16-9-11/h2-4,7-10,12H,5-6H2,1H3,(H,16,18).